The Kier molecular flexibility index (Phi) is 3.49. The van der Waals surface area contributed by atoms with E-state index >= 15 is 0 Å². The van der Waals surface area contributed by atoms with Crippen LogP contribution in [0.5, 0.6) is 11.9 Å². The quantitative estimate of drug-likeness (QED) is 0.804. The highest BCUT2D eigenvalue weighted by atomic mass is 16.5. The summed E-state index contributed by atoms with van der Waals surface area (Å²) in [6.45, 7) is 2.49. The second kappa shape index (κ2) is 5.25. The van der Waals surface area contributed by atoms with E-state index in [1.54, 1.807) is 18.6 Å². The summed E-state index contributed by atoms with van der Waals surface area (Å²) >= 11 is 0. The van der Waals surface area contributed by atoms with Crippen LogP contribution in [-0.4, -0.2) is 28.7 Å². The zero-order chi connectivity index (χ0) is 12.1. The van der Waals surface area contributed by atoms with E-state index in [-0.39, 0.29) is 0 Å². The average Bonchev–Trinajstić information content (AvgIpc) is 2.40. The molecule has 17 heavy (non-hydrogen) atoms. The summed E-state index contributed by atoms with van der Waals surface area (Å²) in [6, 6.07) is 4.11. The number of aromatic nitrogens is 3. The van der Waals surface area contributed by atoms with Crippen LogP contribution in [0.4, 0.5) is 0 Å². The van der Waals surface area contributed by atoms with Crippen molar-refractivity contribution in [2.24, 2.45) is 0 Å². The monoisotopic (exact) mass is 231 g/mol. The maximum atomic E-state index is 5.45. The van der Waals surface area contributed by atoms with Gasteiger partial charge in [-0.2, -0.15) is 0 Å². The van der Waals surface area contributed by atoms with Crippen LogP contribution >= 0.6 is 0 Å². The summed E-state index contributed by atoms with van der Waals surface area (Å²) in [4.78, 5) is 12.3. The molecule has 5 heteroatoms. The van der Waals surface area contributed by atoms with E-state index < -0.39 is 0 Å². The number of methoxy groups -OCH3 is 1. The van der Waals surface area contributed by atoms with Gasteiger partial charge in [0, 0.05) is 29.7 Å². The second-order valence-corrected chi connectivity index (χ2v) is 3.25. The van der Waals surface area contributed by atoms with Crippen molar-refractivity contribution in [1.82, 2.24) is 15.0 Å². The zero-order valence-electron chi connectivity index (χ0n) is 9.75. The van der Waals surface area contributed by atoms with Crippen molar-refractivity contribution in [3.05, 3.63) is 30.7 Å². The number of rotatable bonds is 4. The van der Waals surface area contributed by atoms with Gasteiger partial charge in [0.1, 0.15) is 0 Å². The number of nitrogens with zero attached hydrogens (tertiary/aromatic N) is 3. The Bertz CT molecular complexity index is 485. The summed E-state index contributed by atoms with van der Waals surface area (Å²) in [5.74, 6) is 0.587. The SMILES string of the molecule is CCOc1ncccc1-c1cnc(OC)nc1. The molecule has 0 N–H and O–H groups in total. The van der Waals surface area contributed by atoms with Gasteiger partial charge in [0.25, 0.3) is 0 Å². The molecule has 2 rings (SSSR count). The fourth-order valence-electron chi connectivity index (χ4n) is 1.42. The van der Waals surface area contributed by atoms with Gasteiger partial charge in [0.2, 0.25) is 5.88 Å². The Labute approximate surface area is 99.5 Å². The Hall–Kier alpha value is -2.17. The number of hydrogen-bond acceptors (Lipinski definition) is 5. The van der Waals surface area contributed by atoms with Crippen LogP contribution in [-0.2, 0) is 0 Å². The summed E-state index contributed by atoms with van der Waals surface area (Å²) in [7, 11) is 1.53. The molecular weight excluding hydrogens is 218 g/mol. The van der Waals surface area contributed by atoms with Crippen LogP contribution in [0.2, 0.25) is 0 Å². The minimum Gasteiger partial charge on any atom is -0.478 e. The molecule has 5 nitrogen and oxygen atoms in total. The molecule has 0 bridgehead atoms. The largest absolute Gasteiger partial charge is 0.478 e. The van der Waals surface area contributed by atoms with Gasteiger partial charge in [-0.05, 0) is 19.1 Å². The second-order valence-electron chi connectivity index (χ2n) is 3.25. The minimum atomic E-state index is 0.343. The highest BCUT2D eigenvalue weighted by molar-refractivity contribution is 5.66. The Balaban J connectivity index is 2.37. The standard InChI is InChI=1S/C12H13N3O2/c1-3-17-11-10(5-4-6-13-11)9-7-14-12(16-2)15-8-9/h4-8H,3H2,1-2H3. The van der Waals surface area contributed by atoms with Crippen LogP contribution in [0.3, 0.4) is 0 Å². The first-order chi connectivity index (χ1) is 8.35. The lowest BCUT2D eigenvalue weighted by Gasteiger charge is -2.08. The molecule has 2 aromatic rings. The van der Waals surface area contributed by atoms with Crippen molar-refractivity contribution in [2.45, 2.75) is 6.92 Å². The van der Waals surface area contributed by atoms with E-state index in [4.69, 9.17) is 9.47 Å². The van der Waals surface area contributed by atoms with Crippen molar-refractivity contribution >= 4 is 0 Å². The highest BCUT2D eigenvalue weighted by Crippen LogP contribution is 2.26. The van der Waals surface area contributed by atoms with Crippen molar-refractivity contribution in [3.8, 4) is 23.0 Å². The molecule has 0 saturated heterocycles. The van der Waals surface area contributed by atoms with Crippen LogP contribution in [0.25, 0.3) is 11.1 Å². The van der Waals surface area contributed by atoms with Gasteiger partial charge in [-0.15, -0.1) is 0 Å². The first-order valence-corrected chi connectivity index (χ1v) is 5.29. The molecule has 2 aromatic heterocycles. The third-order valence-corrected chi connectivity index (χ3v) is 2.17. The van der Waals surface area contributed by atoms with Crippen LogP contribution in [0.15, 0.2) is 30.7 Å². The Morgan fingerprint density at radius 3 is 2.59 bits per heavy atom. The van der Waals surface area contributed by atoms with Crippen molar-refractivity contribution < 1.29 is 9.47 Å². The number of pyridine rings is 1. The van der Waals surface area contributed by atoms with Crippen molar-refractivity contribution in [3.63, 3.8) is 0 Å². The highest BCUT2D eigenvalue weighted by Gasteiger charge is 2.07. The van der Waals surface area contributed by atoms with Crippen LogP contribution in [0, 0.1) is 0 Å². The minimum absolute atomic E-state index is 0.343. The van der Waals surface area contributed by atoms with Crippen LogP contribution in [0.1, 0.15) is 6.92 Å². The Morgan fingerprint density at radius 1 is 1.18 bits per heavy atom. The lowest BCUT2D eigenvalue weighted by molar-refractivity contribution is 0.328. The third-order valence-electron chi connectivity index (χ3n) is 2.17. The maximum absolute atomic E-state index is 5.45. The molecule has 0 unspecified atom stereocenters. The van der Waals surface area contributed by atoms with Crippen molar-refractivity contribution in [1.29, 1.82) is 0 Å². The van der Waals surface area contributed by atoms with Crippen LogP contribution < -0.4 is 9.47 Å². The molecule has 2 heterocycles. The summed E-state index contributed by atoms with van der Waals surface area (Å²) in [6.07, 6.45) is 5.07. The predicted molar refractivity (Wildman–Crippen MR) is 63.0 cm³/mol. The smallest absolute Gasteiger partial charge is 0.316 e. The molecule has 0 aliphatic heterocycles. The summed E-state index contributed by atoms with van der Waals surface area (Å²) in [5, 5.41) is 0. The van der Waals surface area contributed by atoms with Gasteiger partial charge in [0.15, 0.2) is 0 Å². The fourth-order valence-corrected chi connectivity index (χ4v) is 1.42. The van der Waals surface area contributed by atoms with Gasteiger partial charge < -0.3 is 9.47 Å². The molecule has 0 aliphatic carbocycles. The van der Waals surface area contributed by atoms with E-state index in [1.807, 2.05) is 19.1 Å². The van der Waals surface area contributed by atoms with E-state index in [0.29, 0.717) is 18.5 Å². The first-order valence-electron chi connectivity index (χ1n) is 5.29. The van der Waals surface area contributed by atoms with Gasteiger partial charge in [0.05, 0.1) is 13.7 Å². The molecule has 0 aromatic carbocycles. The molecule has 0 amide bonds. The number of ether oxygens (including phenoxy) is 2. The van der Waals surface area contributed by atoms with Gasteiger partial charge in [-0.1, -0.05) is 0 Å². The molecule has 88 valence electrons. The summed E-state index contributed by atoms with van der Waals surface area (Å²) in [5.41, 5.74) is 1.72. The molecule has 0 spiro atoms. The fraction of sp³-hybridized carbons (Fsp3) is 0.250. The van der Waals surface area contributed by atoms with Gasteiger partial charge in [-0.25, -0.2) is 15.0 Å². The van der Waals surface area contributed by atoms with Gasteiger partial charge >= 0.3 is 6.01 Å². The molecule has 0 fully saturated rings. The maximum Gasteiger partial charge on any atom is 0.316 e. The first kappa shape index (κ1) is 11.3. The molecule has 0 radical (unpaired) electrons. The lowest BCUT2D eigenvalue weighted by atomic mass is 10.1. The molecule has 0 aliphatic rings. The van der Waals surface area contributed by atoms with Gasteiger partial charge in [-0.3, -0.25) is 0 Å². The van der Waals surface area contributed by atoms with E-state index in [1.165, 1.54) is 7.11 Å². The van der Waals surface area contributed by atoms with E-state index in [2.05, 4.69) is 15.0 Å². The topological polar surface area (TPSA) is 57.1 Å². The van der Waals surface area contributed by atoms with E-state index in [9.17, 15) is 0 Å². The molecule has 0 atom stereocenters. The zero-order valence-corrected chi connectivity index (χ0v) is 9.75. The third kappa shape index (κ3) is 2.50. The summed E-state index contributed by atoms with van der Waals surface area (Å²) < 4.78 is 10.4. The normalized spacial score (nSPS) is 10.0. The average molecular weight is 231 g/mol. The van der Waals surface area contributed by atoms with E-state index in [0.717, 1.165) is 11.1 Å². The molecular formula is C12H13N3O2. The van der Waals surface area contributed by atoms with Crippen molar-refractivity contribution in [2.75, 3.05) is 13.7 Å². The lowest BCUT2D eigenvalue weighted by Crippen LogP contribution is -1.97. The Morgan fingerprint density at radius 2 is 1.94 bits per heavy atom. The molecule has 0 saturated carbocycles. The predicted octanol–water partition coefficient (Wildman–Crippen LogP) is 1.95. The number of hydrogen-bond donors (Lipinski definition) is 0.